The van der Waals surface area contributed by atoms with Crippen molar-refractivity contribution in [3.63, 3.8) is 0 Å². The minimum atomic E-state index is -0.332. The maximum absolute atomic E-state index is 13.1. The van der Waals surface area contributed by atoms with E-state index in [0.29, 0.717) is 33.4 Å². The molecular weight excluding hydrogens is 384 g/mol. The minimum Gasteiger partial charge on any atom is -0.465 e. The normalized spacial score (nSPS) is 10.9. The van der Waals surface area contributed by atoms with Gasteiger partial charge in [0.1, 0.15) is 0 Å². The van der Waals surface area contributed by atoms with Crippen LogP contribution < -0.4 is 5.56 Å². The highest BCUT2D eigenvalue weighted by Gasteiger charge is 2.16. The third kappa shape index (κ3) is 4.51. The van der Waals surface area contributed by atoms with E-state index < -0.39 is 0 Å². The second-order valence-electron chi connectivity index (χ2n) is 5.87. The zero-order chi connectivity index (χ0) is 19.2. The summed E-state index contributed by atoms with van der Waals surface area (Å²) >= 11 is 7.48. The molecule has 0 spiro atoms. The first kappa shape index (κ1) is 19.5. The number of esters is 1. The van der Waals surface area contributed by atoms with Gasteiger partial charge in [-0.2, -0.15) is 0 Å². The summed E-state index contributed by atoms with van der Waals surface area (Å²) in [5, 5.41) is 1.33. The van der Waals surface area contributed by atoms with E-state index in [1.165, 1.54) is 4.57 Å². The summed E-state index contributed by atoms with van der Waals surface area (Å²) in [6.07, 6.45) is 1.79. The van der Waals surface area contributed by atoms with Crippen LogP contribution in [0.15, 0.2) is 58.5 Å². The zero-order valence-corrected chi connectivity index (χ0v) is 16.4. The first-order valence-electron chi connectivity index (χ1n) is 8.67. The van der Waals surface area contributed by atoms with Crippen LogP contribution in [-0.2, 0) is 9.53 Å². The fourth-order valence-electron chi connectivity index (χ4n) is 2.55. The lowest BCUT2D eigenvalue weighted by Gasteiger charge is -2.14. The number of unbranched alkanes of at least 4 members (excludes halogenated alkanes) is 1. The van der Waals surface area contributed by atoms with E-state index in [2.05, 4.69) is 4.98 Å². The molecule has 7 heteroatoms. The Morgan fingerprint density at radius 2 is 1.93 bits per heavy atom. The van der Waals surface area contributed by atoms with Crippen LogP contribution in [0.1, 0.15) is 19.8 Å². The Morgan fingerprint density at radius 3 is 2.70 bits per heavy atom. The Balaban J connectivity index is 2.00. The Morgan fingerprint density at radius 1 is 1.19 bits per heavy atom. The molecule has 0 aliphatic heterocycles. The first-order chi connectivity index (χ1) is 13.1. The molecule has 1 aromatic heterocycles. The number of hydrogen-bond donors (Lipinski definition) is 0. The number of carbonyl (C=O) groups excluding carboxylic acids is 1. The maximum Gasteiger partial charge on any atom is 0.316 e. The largest absolute Gasteiger partial charge is 0.465 e. The Hall–Kier alpha value is -2.31. The van der Waals surface area contributed by atoms with Gasteiger partial charge in [-0.25, -0.2) is 4.98 Å². The van der Waals surface area contributed by atoms with Crippen LogP contribution in [0.5, 0.6) is 0 Å². The Labute approximate surface area is 166 Å². The summed E-state index contributed by atoms with van der Waals surface area (Å²) in [5.41, 5.74) is 0.882. The molecule has 0 saturated heterocycles. The quantitative estimate of drug-likeness (QED) is 0.252. The van der Waals surface area contributed by atoms with Gasteiger partial charge in [0.15, 0.2) is 5.16 Å². The molecule has 5 nitrogen and oxygen atoms in total. The van der Waals surface area contributed by atoms with Gasteiger partial charge in [0.25, 0.3) is 5.56 Å². The third-order valence-corrected chi connectivity index (χ3v) is 5.15. The molecule has 0 atom stereocenters. The molecule has 0 amide bonds. The summed E-state index contributed by atoms with van der Waals surface area (Å²) in [6.45, 7) is 2.43. The molecule has 3 rings (SSSR count). The van der Waals surface area contributed by atoms with E-state index >= 15 is 0 Å². The maximum atomic E-state index is 13.1. The number of para-hydroxylation sites is 2. The van der Waals surface area contributed by atoms with Crippen LogP contribution in [-0.4, -0.2) is 27.9 Å². The van der Waals surface area contributed by atoms with Crippen molar-refractivity contribution in [2.75, 3.05) is 12.4 Å². The highest BCUT2D eigenvalue weighted by molar-refractivity contribution is 7.99. The van der Waals surface area contributed by atoms with Gasteiger partial charge in [-0.15, -0.1) is 0 Å². The predicted molar refractivity (Wildman–Crippen MR) is 109 cm³/mol. The number of hydrogen-bond acceptors (Lipinski definition) is 5. The fraction of sp³-hybridized carbons (Fsp3) is 0.250. The van der Waals surface area contributed by atoms with Gasteiger partial charge in [-0.3, -0.25) is 14.2 Å². The van der Waals surface area contributed by atoms with Gasteiger partial charge < -0.3 is 4.74 Å². The van der Waals surface area contributed by atoms with Crippen molar-refractivity contribution < 1.29 is 9.53 Å². The van der Waals surface area contributed by atoms with Gasteiger partial charge in [0.05, 0.1) is 34.0 Å². The van der Waals surface area contributed by atoms with Gasteiger partial charge in [0.2, 0.25) is 0 Å². The van der Waals surface area contributed by atoms with Crippen molar-refractivity contribution in [1.29, 1.82) is 0 Å². The smallest absolute Gasteiger partial charge is 0.316 e. The lowest BCUT2D eigenvalue weighted by molar-refractivity contribution is -0.140. The molecule has 0 fully saturated rings. The van der Waals surface area contributed by atoms with Crippen LogP contribution in [0, 0.1) is 0 Å². The van der Waals surface area contributed by atoms with Crippen molar-refractivity contribution in [2.45, 2.75) is 24.9 Å². The van der Waals surface area contributed by atoms with Crippen LogP contribution in [0.3, 0.4) is 0 Å². The monoisotopic (exact) mass is 402 g/mol. The third-order valence-electron chi connectivity index (χ3n) is 3.92. The van der Waals surface area contributed by atoms with E-state index in [1.807, 2.05) is 13.0 Å². The number of fused-ring (bicyclic) bond motifs is 1. The topological polar surface area (TPSA) is 61.2 Å². The summed E-state index contributed by atoms with van der Waals surface area (Å²) in [6, 6.07) is 14.2. The number of carbonyl (C=O) groups is 1. The van der Waals surface area contributed by atoms with Crippen molar-refractivity contribution >= 4 is 40.2 Å². The first-order valence-corrected chi connectivity index (χ1v) is 10.0. The molecule has 0 radical (unpaired) electrons. The fourth-order valence-corrected chi connectivity index (χ4v) is 3.57. The molecule has 1 heterocycles. The van der Waals surface area contributed by atoms with Crippen LogP contribution in [0.4, 0.5) is 0 Å². The number of ether oxygens (including phenoxy) is 1. The van der Waals surface area contributed by atoms with Crippen molar-refractivity contribution in [2.24, 2.45) is 0 Å². The number of aromatic nitrogens is 2. The lowest BCUT2D eigenvalue weighted by atomic mass is 10.2. The summed E-state index contributed by atoms with van der Waals surface area (Å²) in [5.74, 6) is -0.263. The van der Waals surface area contributed by atoms with Crippen LogP contribution in [0.25, 0.3) is 16.6 Å². The minimum absolute atomic E-state index is 0.0684. The Kier molecular flexibility index (Phi) is 6.53. The van der Waals surface area contributed by atoms with Gasteiger partial charge >= 0.3 is 5.97 Å². The van der Waals surface area contributed by atoms with E-state index in [9.17, 15) is 9.59 Å². The summed E-state index contributed by atoms with van der Waals surface area (Å²) in [4.78, 5) is 29.6. The number of benzene rings is 2. The number of thioether (sulfide) groups is 1. The molecule has 0 aliphatic carbocycles. The molecule has 2 aromatic carbocycles. The number of rotatable bonds is 7. The van der Waals surface area contributed by atoms with Gasteiger partial charge in [-0.05, 0) is 30.7 Å². The molecule has 27 heavy (non-hydrogen) atoms. The molecule has 3 aromatic rings. The van der Waals surface area contributed by atoms with E-state index in [-0.39, 0.29) is 17.3 Å². The van der Waals surface area contributed by atoms with Crippen molar-refractivity contribution in [3.05, 3.63) is 63.9 Å². The lowest BCUT2D eigenvalue weighted by Crippen LogP contribution is -2.22. The van der Waals surface area contributed by atoms with E-state index in [0.717, 1.165) is 24.6 Å². The number of halogens is 1. The summed E-state index contributed by atoms with van der Waals surface area (Å²) < 4.78 is 6.64. The van der Waals surface area contributed by atoms with Gasteiger partial charge in [0, 0.05) is 0 Å². The van der Waals surface area contributed by atoms with Crippen LogP contribution >= 0.6 is 23.4 Å². The highest BCUT2D eigenvalue weighted by atomic mass is 35.5. The molecule has 0 aliphatic rings. The SMILES string of the molecule is CCCCOC(=O)CSc1nc2ccccc2c(=O)n1-c1ccccc1Cl. The van der Waals surface area contributed by atoms with E-state index in [4.69, 9.17) is 16.3 Å². The van der Waals surface area contributed by atoms with Gasteiger partial charge in [-0.1, -0.05) is 61.0 Å². The average molecular weight is 403 g/mol. The summed E-state index contributed by atoms with van der Waals surface area (Å²) in [7, 11) is 0. The van der Waals surface area contributed by atoms with Crippen molar-refractivity contribution in [3.8, 4) is 5.69 Å². The zero-order valence-electron chi connectivity index (χ0n) is 14.9. The number of nitrogens with zero attached hydrogens (tertiary/aromatic N) is 2. The average Bonchev–Trinajstić information content (AvgIpc) is 2.68. The highest BCUT2D eigenvalue weighted by Crippen LogP contribution is 2.25. The molecule has 0 N–H and O–H groups in total. The van der Waals surface area contributed by atoms with Crippen molar-refractivity contribution in [1.82, 2.24) is 9.55 Å². The standard InChI is InChI=1S/C20H19ClN2O3S/c1-2-3-12-26-18(24)13-27-20-22-16-10-6-4-8-14(16)19(25)23(20)17-11-7-5-9-15(17)21/h4-11H,2-3,12-13H2,1H3. The molecule has 0 unspecified atom stereocenters. The van der Waals surface area contributed by atoms with E-state index in [1.54, 1.807) is 42.5 Å². The molecule has 140 valence electrons. The molecule has 0 bridgehead atoms. The predicted octanol–water partition coefficient (Wildman–Crippen LogP) is 4.47. The second kappa shape index (κ2) is 9.06. The second-order valence-corrected chi connectivity index (χ2v) is 7.22. The molecule has 0 saturated carbocycles. The molecular formula is C20H19ClN2O3S. The Bertz CT molecular complexity index is 1020. The van der Waals surface area contributed by atoms with Crippen LogP contribution in [0.2, 0.25) is 5.02 Å².